The van der Waals surface area contributed by atoms with Gasteiger partial charge in [0.25, 0.3) is 5.97 Å². The summed E-state index contributed by atoms with van der Waals surface area (Å²) >= 11 is 0. The van der Waals surface area contributed by atoms with Crippen molar-refractivity contribution < 1.29 is 58.8 Å². The number of aliphatic hydroxyl groups is 3. The van der Waals surface area contributed by atoms with Gasteiger partial charge in [0.2, 0.25) is 41.4 Å². The molecule has 5 rings (SSSR count). The normalized spacial score (nSPS) is 21.9. The van der Waals surface area contributed by atoms with Crippen LogP contribution in [-0.4, -0.2) is 158 Å². The van der Waals surface area contributed by atoms with E-state index in [1.807, 2.05) is 30.3 Å². The van der Waals surface area contributed by atoms with Crippen molar-refractivity contribution in [2.45, 2.75) is 120 Å². The van der Waals surface area contributed by atoms with Crippen LogP contribution in [0.4, 0.5) is 0 Å². The summed E-state index contributed by atoms with van der Waals surface area (Å²) in [4.78, 5) is 112. The number of fused-ring (bicyclic) bond motifs is 1. The van der Waals surface area contributed by atoms with Gasteiger partial charge >= 0.3 is 0 Å². The molecule has 0 radical (unpaired) electrons. The first-order chi connectivity index (χ1) is 35.8. The number of aromatic nitrogens is 1. The van der Waals surface area contributed by atoms with E-state index in [2.05, 4.69) is 42.2 Å². The maximum absolute atomic E-state index is 14.7. The molecule has 0 saturated carbocycles. The van der Waals surface area contributed by atoms with E-state index in [-0.39, 0.29) is 43.7 Å². The Morgan fingerprint density at radius 2 is 1.28 bits per heavy atom. The maximum Gasteiger partial charge on any atom is 0.300 e. The lowest BCUT2D eigenvalue weighted by atomic mass is 10.0. The maximum atomic E-state index is 14.7. The van der Waals surface area contributed by atoms with Crippen LogP contribution in [-0.2, 0) is 57.6 Å². The smallest absolute Gasteiger partial charge is 0.300 e. The molecule has 22 nitrogen and oxygen atoms in total. The zero-order valence-electron chi connectivity index (χ0n) is 42.0. The molecule has 0 bridgehead atoms. The molecular weight excluding hydrogens is 1010 g/mol. The number of carboxylic acid groups (broad SMARTS) is 1. The summed E-state index contributed by atoms with van der Waals surface area (Å²) in [5.74, 6) is -6.84. The highest BCUT2D eigenvalue weighted by Gasteiger charge is 2.36. The fourth-order valence-electron chi connectivity index (χ4n) is 7.73. The number of carbonyl (C=O) groups excluding carboxylic acids is 7. The van der Waals surface area contributed by atoms with Crippen molar-refractivity contribution in [1.82, 2.24) is 42.2 Å². The number of aliphatic carboxylic acids is 1. The number of carboxylic acids is 1. The van der Waals surface area contributed by atoms with Gasteiger partial charge in [-0.05, 0) is 68.8 Å². The van der Waals surface area contributed by atoms with E-state index in [1.54, 1.807) is 60.8 Å². The summed E-state index contributed by atoms with van der Waals surface area (Å²) in [6.45, 7) is 3.31. The number of carbonyl (C=O) groups is 8. The summed E-state index contributed by atoms with van der Waals surface area (Å²) in [5, 5.41) is 57.9. The molecule has 1 aromatic heterocycles. The van der Waals surface area contributed by atoms with Gasteiger partial charge in [0.05, 0.1) is 30.9 Å². The molecule has 75 heavy (non-hydrogen) atoms. The largest absolute Gasteiger partial charge is 0.481 e. The van der Waals surface area contributed by atoms with E-state index < -0.39 is 114 Å². The lowest BCUT2D eigenvalue weighted by Crippen LogP contribution is -2.62. The average molecular weight is 1080 g/mol. The fourth-order valence-corrected chi connectivity index (χ4v) is 10.1. The summed E-state index contributed by atoms with van der Waals surface area (Å²) in [5.41, 5.74) is 15.0. The zero-order chi connectivity index (χ0) is 55.0. The Bertz CT molecular complexity index is 2500. The van der Waals surface area contributed by atoms with Crippen LogP contribution >= 0.6 is 21.6 Å². The van der Waals surface area contributed by atoms with Crippen LogP contribution in [0.3, 0.4) is 0 Å². The number of nitrogens with two attached hydrogens (primary N) is 2. The topological polar surface area (TPSA) is 370 Å². The van der Waals surface area contributed by atoms with E-state index in [0.717, 1.165) is 45.0 Å². The van der Waals surface area contributed by atoms with Crippen LogP contribution in [0.15, 0.2) is 91.1 Å². The molecule has 16 N–H and O–H groups in total. The number of benzene rings is 3. The Kier molecular flexibility index (Phi) is 25.5. The van der Waals surface area contributed by atoms with Crippen LogP contribution in [0, 0.1) is 0 Å². The van der Waals surface area contributed by atoms with Gasteiger partial charge < -0.3 is 74.1 Å². The van der Waals surface area contributed by atoms with Crippen molar-refractivity contribution in [2.24, 2.45) is 11.5 Å². The van der Waals surface area contributed by atoms with E-state index in [0.29, 0.717) is 24.0 Å². The lowest BCUT2D eigenvalue weighted by Gasteiger charge is -2.29. The van der Waals surface area contributed by atoms with Crippen molar-refractivity contribution in [3.8, 4) is 0 Å². The lowest BCUT2D eigenvalue weighted by molar-refractivity contribution is -0.136. The first-order valence-corrected chi connectivity index (χ1v) is 26.9. The highest BCUT2D eigenvalue weighted by atomic mass is 33.1. The van der Waals surface area contributed by atoms with Crippen LogP contribution in [0.5, 0.6) is 0 Å². The van der Waals surface area contributed by atoms with Gasteiger partial charge in [-0.25, -0.2) is 0 Å². The molecule has 1 saturated heterocycles. The molecule has 1 fully saturated rings. The number of hydrogen-bond donors (Lipinski definition) is 14. The minimum atomic E-state index is -1.66. The molecule has 0 aliphatic carbocycles. The third-order valence-corrected chi connectivity index (χ3v) is 14.3. The number of hydrogen-bond acceptors (Lipinski definition) is 15. The number of rotatable bonds is 17. The second-order valence-corrected chi connectivity index (χ2v) is 20.5. The molecule has 3 aromatic carbocycles. The number of amides is 7. The molecule has 408 valence electrons. The van der Waals surface area contributed by atoms with Gasteiger partial charge in [-0.15, -0.1) is 0 Å². The van der Waals surface area contributed by atoms with Gasteiger partial charge in [-0.2, -0.15) is 0 Å². The number of nitrogens with one attached hydrogen (secondary N) is 8. The van der Waals surface area contributed by atoms with E-state index >= 15 is 0 Å². The predicted octanol–water partition coefficient (Wildman–Crippen LogP) is -0.714. The molecule has 2 heterocycles. The van der Waals surface area contributed by atoms with Crippen LogP contribution in [0.25, 0.3) is 10.9 Å². The zero-order valence-corrected chi connectivity index (χ0v) is 43.7. The molecule has 0 spiro atoms. The van der Waals surface area contributed by atoms with Crippen LogP contribution < -0.4 is 48.7 Å². The standard InChI is InChI=1S/C49H66N10O10S2.C2H4O2/c1-28(61)39(25-60)56-48(68)41-27-71-70-26-40(57-43(63)34(51)21-30-13-5-3-6-14-30)47(67)54-37(22-31-15-7-4-8-16-31)45(65)55-38(23-32-24-52-35-18-10-9-17-33(32)35)46(66)53-36(19-11-12-20-50)44(64)59-42(29(2)62)49(69)58-41;1-2(3)4/h3-10,13-18,24,28-29,34,36-42,52,60-62H,11-12,19-23,25-27,50-51H2,1-2H3,(H,53,66)(H,54,67)(H,55,65)(H,56,68)(H,57,63)(H,58,69)(H,59,64);1H3,(H,3,4)/t28-,29-,34-,36+,37+,38-,39-,40-,41+,42+;/m1./s1. The second-order valence-electron chi connectivity index (χ2n) is 18.0. The SMILES string of the molecule is CC(=O)O.C[C@@H](O)[C@@H]1NC(=O)[C@H](CCCCN)NC(=O)[C@@H](Cc2c[nH]c3ccccc23)NC(=O)[C@H](Cc2ccccc2)NC(=O)[C@H](NC(=O)[C@H](N)Cc2ccccc2)CSSC[C@@H](C(=O)N[C@H](CO)[C@@H](C)O)NC1=O. The first-order valence-electron chi connectivity index (χ1n) is 24.4. The molecule has 10 atom stereocenters. The number of aromatic amines is 1. The number of H-pyrrole nitrogens is 1. The third kappa shape index (κ3) is 20.3. The number of unbranched alkanes of at least 4 members (excludes halogenated alkanes) is 1. The third-order valence-electron chi connectivity index (χ3n) is 11.9. The number of para-hydroxylation sites is 1. The van der Waals surface area contributed by atoms with E-state index in [1.165, 1.54) is 13.8 Å². The first kappa shape index (κ1) is 61.0. The molecule has 1 aliphatic heterocycles. The van der Waals surface area contributed by atoms with Crippen molar-refractivity contribution in [3.63, 3.8) is 0 Å². The monoisotopic (exact) mass is 1080 g/mol. The summed E-state index contributed by atoms with van der Waals surface area (Å²) in [6, 6.07) is 14.6. The minimum absolute atomic E-state index is 0.0340. The minimum Gasteiger partial charge on any atom is -0.481 e. The summed E-state index contributed by atoms with van der Waals surface area (Å²) in [7, 11) is 2.06. The van der Waals surface area contributed by atoms with Gasteiger partial charge in [0.15, 0.2) is 0 Å². The fraction of sp³-hybridized carbons (Fsp3) is 0.451. The Morgan fingerprint density at radius 3 is 1.89 bits per heavy atom. The van der Waals surface area contributed by atoms with Crippen molar-refractivity contribution in [2.75, 3.05) is 24.7 Å². The summed E-state index contributed by atoms with van der Waals surface area (Å²) < 4.78 is 0. The quantitative estimate of drug-likeness (QED) is 0.0459. The van der Waals surface area contributed by atoms with Crippen molar-refractivity contribution in [3.05, 3.63) is 108 Å². The molecule has 4 aromatic rings. The summed E-state index contributed by atoms with van der Waals surface area (Å²) in [6.07, 6.45) is -0.156. The Morgan fingerprint density at radius 1 is 0.720 bits per heavy atom. The average Bonchev–Trinajstić information content (AvgIpc) is 3.78. The Balaban J connectivity index is 0.00000293. The Hall–Kier alpha value is -6.54. The molecule has 0 unspecified atom stereocenters. The number of aliphatic hydroxyl groups excluding tert-OH is 3. The molecule has 24 heteroatoms. The molecule has 7 amide bonds. The van der Waals surface area contributed by atoms with Gasteiger partial charge in [0.1, 0.15) is 36.3 Å². The van der Waals surface area contributed by atoms with Gasteiger partial charge in [-0.1, -0.05) is 100 Å². The van der Waals surface area contributed by atoms with E-state index in [4.69, 9.17) is 21.4 Å². The highest BCUT2D eigenvalue weighted by Crippen LogP contribution is 2.24. The van der Waals surface area contributed by atoms with Crippen molar-refractivity contribution in [1.29, 1.82) is 0 Å². The van der Waals surface area contributed by atoms with E-state index in [9.17, 15) is 48.9 Å². The Labute approximate surface area is 442 Å². The predicted molar refractivity (Wildman–Crippen MR) is 285 cm³/mol. The van der Waals surface area contributed by atoms with Crippen LogP contribution in [0.2, 0.25) is 0 Å². The molecular formula is C51H70N10O12S2. The van der Waals surface area contributed by atoms with Gasteiger partial charge in [-0.3, -0.25) is 38.4 Å². The molecule has 1 aliphatic rings. The van der Waals surface area contributed by atoms with Gasteiger partial charge in [0, 0.05) is 48.4 Å². The highest BCUT2D eigenvalue weighted by molar-refractivity contribution is 8.76. The van der Waals surface area contributed by atoms with Crippen LogP contribution in [0.1, 0.15) is 56.7 Å². The second kappa shape index (κ2) is 31.4. The van der Waals surface area contributed by atoms with Crippen molar-refractivity contribution >= 4 is 79.8 Å².